The minimum atomic E-state index is -0.203. The third-order valence-corrected chi connectivity index (χ3v) is 1.10. The van der Waals surface area contributed by atoms with Crippen molar-refractivity contribution in [3.63, 3.8) is 0 Å². The summed E-state index contributed by atoms with van der Waals surface area (Å²) in [7, 11) is 0. The van der Waals surface area contributed by atoms with Crippen molar-refractivity contribution in [3.8, 4) is 0 Å². The number of ether oxygens (including phenoxy) is 1. The maximum atomic E-state index is 10.7. The van der Waals surface area contributed by atoms with Crippen molar-refractivity contribution in [1.29, 1.82) is 0 Å². The van der Waals surface area contributed by atoms with Crippen LogP contribution in [0.4, 0.5) is 0 Å². The third-order valence-electron chi connectivity index (χ3n) is 0.987. The van der Waals surface area contributed by atoms with Gasteiger partial charge in [-0.2, -0.15) is 0 Å². The first kappa shape index (κ1) is 14.2. The van der Waals surface area contributed by atoms with Gasteiger partial charge >= 0.3 is 5.97 Å². The van der Waals surface area contributed by atoms with Crippen molar-refractivity contribution in [3.05, 3.63) is 0 Å². The normalized spacial score (nSPS) is 8.83. The number of hydrogen-bond acceptors (Lipinski definition) is 4. The van der Waals surface area contributed by atoms with Gasteiger partial charge in [-0.3, -0.25) is 9.63 Å². The van der Waals surface area contributed by atoms with Crippen molar-refractivity contribution in [2.24, 2.45) is 0 Å². The van der Waals surface area contributed by atoms with E-state index in [2.05, 4.69) is 9.57 Å². The Morgan fingerprint density at radius 3 is 2.75 bits per heavy atom. The summed E-state index contributed by atoms with van der Waals surface area (Å²) in [5.74, 6) is -0.203. The van der Waals surface area contributed by atoms with E-state index in [0.29, 0.717) is 26.1 Å². The van der Waals surface area contributed by atoms with Gasteiger partial charge < -0.3 is 10.2 Å². The highest BCUT2D eigenvalue weighted by Gasteiger charge is 1.99. The van der Waals surface area contributed by atoms with E-state index in [-0.39, 0.29) is 11.4 Å². The molecule has 0 amide bonds. The molecule has 0 unspecified atom stereocenters. The second kappa shape index (κ2) is 10.6. The van der Waals surface area contributed by atoms with E-state index >= 15 is 0 Å². The summed E-state index contributed by atoms with van der Waals surface area (Å²) in [4.78, 5) is 17.2. The maximum Gasteiger partial charge on any atom is 0.305 e. The van der Waals surface area contributed by atoms with Crippen LogP contribution in [0.25, 0.3) is 0 Å². The molecule has 0 aliphatic heterocycles. The molecule has 74 valence electrons. The Labute approximate surface area is 76.4 Å². The zero-order valence-electron chi connectivity index (χ0n) is 6.93. The third kappa shape index (κ3) is 9.64. The summed E-state index contributed by atoms with van der Waals surface area (Å²) < 4.78 is 4.67. The summed E-state index contributed by atoms with van der Waals surface area (Å²) in [6, 6.07) is 0. The van der Waals surface area contributed by atoms with Gasteiger partial charge in [0.1, 0.15) is 0 Å². The zero-order valence-corrected chi connectivity index (χ0v) is 7.69. The van der Waals surface area contributed by atoms with Crippen LogP contribution in [0.3, 0.4) is 0 Å². The lowest BCUT2D eigenvalue weighted by Gasteiger charge is -2.00. The standard InChI is InChI=1S/C6H12ClNO3.H2O/c1-2-10-6(9)4-3-5-11-8-7;/h8H,2-5H2,1H3;1H2. The zero-order chi connectivity index (χ0) is 8.53. The van der Waals surface area contributed by atoms with E-state index in [9.17, 15) is 4.79 Å². The molecule has 5 nitrogen and oxygen atoms in total. The van der Waals surface area contributed by atoms with Gasteiger partial charge in [-0.05, 0) is 13.3 Å². The van der Waals surface area contributed by atoms with Crippen LogP contribution in [0.1, 0.15) is 19.8 Å². The van der Waals surface area contributed by atoms with Gasteiger partial charge in [-0.1, -0.05) is 0 Å². The molecule has 12 heavy (non-hydrogen) atoms. The highest BCUT2D eigenvalue weighted by molar-refractivity contribution is 6.12. The molecule has 0 heterocycles. The lowest BCUT2D eigenvalue weighted by molar-refractivity contribution is -0.143. The van der Waals surface area contributed by atoms with Crippen LogP contribution >= 0.6 is 11.8 Å². The van der Waals surface area contributed by atoms with Gasteiger partial charge in [0.05, 0.1) is 13.2 Å². The molecule has 0 radical (unpaired) electrons. The highest BCUT2D eigenvalue weighted by atomic mass is 35.5. The van der Waals surface area contributed by atoms with Crippen molar-refractivity contribution >= 4 is 17.7 Å². The topological polar surface area (TPSA) is 79.1 Å². The highest BCUT2D eigenvalue weighted by Crippen LogP contribution is 1.92. The number of hydrogen-bond donors (Lipinski definition) is 1. The quantitative estimate of drug-likeness (QED) is 0.287. The molecule has 0 aromatic heterocycles. The molecule has 0 rings (SSSR count). The predicted molar refractivity (Wildman–Crippen MR) is 44.4 cm³/mol. The molecular weight excluding hydrogens is 186 g/mol. The molecular formula is C6H14ClNO4. The van der Waals surface area contributed by atoms with Crippen LogP contribution in [-0.2, 0) is 14.4 Å². The number of nitrogens with one attached hydrogen (secondary N) is 1. The molecule has 0 aliphatic carbocycles. The Morgan fingerprint density at radius 2 is 2.25 bits per heavy atom. The van der Waals surface area contributed by atoms with Crippen LogP contribution in [0, 0.1) is 0 Å². The average Bonchev–Trinajstić information content (AvgIpc) is 1.99. The molecule has 0 fully saturated rings. The molecule has 0 aromatic carbocycles. The van der Waals surface area contributed by atoms with Crippen LogP contribution in [-0.4, -0.2) is 24.7 Å². The molecule has 0 spiro atoms. The van der Waals surface area contributed by atoms with Crippen LogP contribution in [0.2, 0.25) is 0 Å². The van der Waals surface area contributed by atoms with E-state index in [1.165, 1.54) is 0 Å². The molecule has 0 atom stereocenters. The van der Waals surface area contributed by atoms with Gasteiger partial charge in [0.25, 0.3) is 0 Å². The summed E-state index contributed by atoms with van der Waals surface area (Å²) in [5, 5.41) is 0. The fourth-order valence-electron chi connectivity index (χ4n) is 0.560. The Kier molecular flexibility index (Phi) is 12.6. The number of carbonyl (C=O) groups is 1. The van der Waals surface area contributed by atoms with Crippen molar-refractivity contribution in [1.82, 2.24) is 5.00 Å². The largest absolute Gasteiger partial charge is 0.466 e. The van der Waals surface area contributed by atoms with E-state index < -0.39 is 0 Å². The fraction of sp³-hybridized carbons (Fsp3) is 0.833. The average molecular weight is 200 g/mol. The fourth-order valence-corrected chi connectivity index (χ4v) is 0.638. The SMILES string of the molecule is CCOC(=O)CCCONCl.O. The minimum Gasteiger partial charge on any atom is -0.466 e. The van der Waals surface area contributed by atoms with Gasteiger partial charge in [0.15, 0.2) is 0 Å². The minimum absolute atomic E-state index is 0. The summed E-state index contributed by atoms with van der Waals surface area (Å²) in [6.45, 7) is 2.60. The second-order valence-electron chi connectivity index (χ2n) is 1.83. The van der Waals surface area contributed by atoms with Crippen LogP contribution in [0.15, 0.2) is 0 Å². The Balaban J connectivity index is 0. The summed E-state index contributed by atoms with van der Waals surface area (Å²) in [5.41, 5.74) is 0. The molecule has 0 aliphatic rings. The smallest absolute Gasteiger partial charge is 0.305 e. The molecule has 0 saturated heterocycles. The lowest BCUT2D eigenvalue weighted by Crippen LogP contribution is -2.07. The first-order valence-electron chi connectivity index (χ1n) is 3.44. The van der Waals surface area contributed by atoms with Crippen molar-refractivity contribution < 1.29 is 19.8 Å². The summed E-state index contributed by atoms with van der Waals surface area (Å²) >= 11 is 4.99. The Hall–Kier alpha value is -0.360. The monoisotopic (exact) mass is 199 g/mol. The number of esters is 1. The van der Waals surface area contributed by atoms with Gasteiger partial charge in [0, 0.05) is 18.2 Å². The number of rotatable bonds is 6. The van der Waals surface area contributed by atoms with E-state index in [1.54, 1.807) is 6.92 Å². The predicted octanol–water partition coefficient (Wildman–Crippen LogP) is 0.180. The molecule has 6 heteroatoms. The van der Waals surface area contributed by atoms with E-state index in [0.717, 1.165) is 0 Å². The summed E-state index contributed by atoms with van der Waals surface area (Å²) in [6.07, 6.45) is 0.977. The molecule has 0 saturated carbocycles. The lowest BCUT2D eigenvalue weighted by atomic mass is 10.3. The van der Waals surface area contributed by atoms with Gasteiger partial charge in [-0.15, -0.1) is 5.00 Å². The Morgan fingerprint density at radius 1 is 1.58 bits per heavy atom. The maximum absolute atomic E-state index is 10.7. The first-order chi connectivity index (χ1) is 5.31. The van der Waals surface area contributed by atoms with E-state index in [4.69, 9.17) is 11.8 Å². The number of halogens is 1. The van der Waals surface area contributed by atoms with Crippen LogP contribution < -0.4 is 5.00 Å². The molecule has 3 N–H and O–H groups in total. The Bertz CT molecular complexity index is 112. The molecule has 0 bridgehead atoms. The van der Waals surface area contributed by atoms with Crippen molar-refractivity contribution in [2.45, 2.75) is 19.8 Å². The van der Waals surface area contributed by atoms with E-state index in [1.807, 2.05) is 5.00 Å². The first-order valence-corrected chi connectivity index (χ1v) is 3.82. The van der Waals surface area contributed by atoms with Crippen molar-refractivity contribution in [2.75, 3.05) is 13.2 Å². The molecule has 0 aromatic rings. The van der Waals surface area contributed by atoms with Gasteiger partial charge in [-0.25, -0.2) is 0 Å². The number of carbonyl (C=O) groups excluding carboxylic acids is 1. The van der Waals surface area contributed by atoms with Crippen LogP contribution in [0.5, 0.6) is 0 Å². The van der Waals surface area contributed by atoms with Gasteiger partial charge in [0.2, 0.25) is 0 Å². The second-order valence-corrected chi connectivity index (χ2v) is 1.99.